The molecule has 0 aliphatic carbocycles. The summed E-state index contributed by atoms with van der Waals surface area (Å²) >= 11 is 5.91. The molecule has 0 radical (unpaired) electrons. The van der Waals surface area contributed by atoms with Crippen molar-refractivity contribution in [2.45, 2.75) is 6.42 Å². The summed E-state index contributed by atoms with van der Waals surface area (Å²) in [4.78, 5) is 35.8. The zero-order chi connectivity index (χ0) is 19.2. The van der Waals surface area contributed by atoms with Crippen LogP contribution in [0.1, 0.15) is 16.1 Å². The van der Waals surface area contributed by atoms with Crippen molar-refractivity contribution in [2.24, 2.45) is 0 Å². The molecular weight excluding hydrogens is 370 g/mol. The molecule has 0 saturated heterocycles. The second-order valence-electron chi connectivity index (χ2n) is 5.75. The fraction of sp³-hybridized carbons (Fsp3) is 0.158. The van der Waals surface area contributed by atoms with Gasteiger partial charge in [-0.05, 0) is 30.2 Å². The molecule has 1 heterocycles. The highest BCUT2D eigenvalue weighted by atomic mass is 35.5. The highest BCUT2D eigenvalue weighted by Crippen LogP contribution is 2.13. The van der Waals surface area contributed by atoms with E-state index in [9.17, 15) is 14.4 Å². The molecule has 0 saturated carbocycles. The molecule has 0 aliphatic rings. The summed E-state index contributed by atoms with van der Waals surface area (Å²) in [5.41, 5.74) is 0.543. The third-order valence-electron chi connectivity index (χ3n) is 3.85. The van der Waals surface area contributed by atoms with Gasteiger partial charge in [-0.3, -0.25) is 9.59 Å². The van der Waals surface area contributed by atoms with Gasteiger partial charge in [-0.25, -0.2) is 9.89 Å². The summed E-state index contributed by atoms with van der Waals surface area (Å²) in [5, 5.41) is 9.98. The molecular formula is C19H16ClN3O4. The molecule has 0 spiro atoms. The van der Waals surface area contributed by atoms with Crippen molar-refractivity contribution in [2.75, 3.05) is 13.2 Å². The van der Waals surface area contributed by atoms with Gasteiger partial charge < -0.3 is 10.1 Å². The first-order chi connectivity index (χ1) is 13.0. The minimum atomic E-state index is -0.785. The quantitative estimate of drug-likeness (QED) is 0.633. The predicted octanol–water partition coefficient (Wildman–Crippen LogP) is 2.09. The third kappa shape index (κ3) is 4.71. The molecule has 2 N–H and O–H groups in total. The number of benzene rings is 2. The zero-order valence-electron chi connectivity index (χ0n) is 14.2. The molecule has 0 fully saturated rings. The average molecular weight is 386 g/mol. The highest BCUT2D eigenvalue weighted by Gasteiger charge is 2.16. The molecule has 2 aromatic carbocycles. The van der Waals surface area contributed by atoms with Gasteiger partial charge in [-0.1, -0.05) is 41.9 Å². The second kappa shape index (κ2) is 8.46. The molecule has 8 heteroatoms. The fourth-order valence-electron chi connectivity index (χ4n) is 2.56. The zero-order valence-corrected chi connectivity index (χ0v) is 15.0. The molecule has 0 atom stereocenters. The summed E-state index contributed by atoms with van der Waals surface area (Å²) in [6.07, 6.45) is 0.604. The number of rotatable bonds is 6. The Hall–Kier alpha value is -3.19. The van der Waals surface area contributed by atoms with Crippen LogP contribution in [0.25, 0.3) is 10.8 Å². The molecule has 3 aromatic rings. The molecule has 0 unspecified atom stereocenters. The molecule has 7 nitrogen and oxygen atoms in total. The number of aromatic amines is 1. The van der Waals surface area contributed by atoms with Crippen LogP contribution in [0.2, 0.25) is 5.02 Å². The van der Waals surface area contributed by atoms with Gasteiger partial charge >= 0.3 is 5.97 Å². The second-order valence-corrected chi connectivity index (χ2v) is 6.19. The minimum Gasteiger partial charge on any atom is -0.451 e. The number of carbonyl (C=O) groups excluding carboxylic acids is 2. The number of nitrogens with zero attached hydrogens (tertiary/aromatic N) is 1. The number of esters is 1. The van der Waals surface area contributed by atoms with Gasteiger partial charge in [0, 0.05) is 17.0 Å². The number of fused-ring (bicyclic) bond motifs is 1. The number of carbonyl (C=O) groups is 2. The smallest absolute Gasteiger partial charge is 0.359 e. The van der Waals surface area contributed by atoms with E-state index in [2.05, 4.69) is 15.5 Å². The third-order valence-corrected chi connectivity index (χ3v) is 4.08. The van der Waals surface area contributed by atoms with Crippen molar-refractivity contribution in [3.63, 3.8) is 0 Å². The Morgan fingerprint density at radius 3 is 2.67 bits per heavy atom. The van der Waals surface area contributed by atoms with Crippen LogP contribution in [0.5, 0.6) is 0 Å². The number of aromatic nitrogens is 2. The Labute approximate surface area is 159 Å². The van der Waals surface area contributed by atoms with Crippen molar-refractivity contribution >= 4 is 34.2 Å². The molecule has 27 heavy (non-hydrogen) atoms. The maximum absolute atomic E-state index is 12.2. The van der Waals surface area contributed by atoms with E-state index < -0.39 is 24.0 Å². The van der Waals surface area contributed by atoms with Gasteiger partial charge in [0.05, 0.1) is 5.39 Å². The van der Waals surface area contributed by atoms with Crippen molar-refractivity contribution in [1.82, 2.24) is 15.5 Å². The Morgan fingerprint density at radius 2 is 1.89 bits per heavy atom. The van der Waals surface area contributed by atoms with Crippen LogP contribution < -0.4 is 10.9 Å². The van der Waals surface area contributed by atoms with E-state index >= 15 is 0 Å². The molecule has 0 aliphatic heterocycles. The highest BCUT2D eigenvalue weighted by molar-refractivity contribution is 6.30. The van der Waals surface area contributed by atoms with E-state index in [1.807, 2.05) is 18.2 Å². The maximum Gasteiger partial charge on any atom is 0.359 e. The van der Waals surface area contributed by atoms with E-state index in [0.29, 0.717) is 28.8 Å². The SMILES string of the molecule is O=C(COC(=O)c1n[nH]c(=O)c2ccccc12)NCCc1cccc(Cl)c1. The van der Waals surface area contributed by atoms with Crippen LogP contribution in [-0.4, -0.2) is 35.2 Å². The van der Waals surface area contributed by atoms with E-state index in [0.717, 1.165) is 5.56 Å². The van der Waals surface area contributed by atoms with Crippen molar-refractivity contribution in [3.8, 4) is 0 Å². The minimum absolute atomic E-state index is 0.0445. The number of hydrogen-bond acceptors (Lipinski definition) is 5. The number of amides is 1. The Kier molecular flexibility index (Phi) is 5.83. The fourth-order valence-corrected chi connectivity index (χ4v) is 2.77. The van der Waals surface area contributed by atoms with Crippen molar-refractivity contribution in [1.29, 1.82) is 0 Å². The van der Waals surface area contributed by atoms with Crippen molar-refractivity contribution < 1.29 is 14.3 Å². The van der Waals surface area contributed by atoms with Crippen LogP contribution in [0.4, 0.5) is 0 Å². The lowest BCUT2D eigenvalue weighted by molar-refractivity contribution is -0.124. The Bertz CT molecular complexity index is 1050. The number of nitrogens with one attached hydrogen (secondary N) is 2. The Balaban J connectivity index is 1.54. The molecule has 3 rings (SSSR count). The maximum atomic E-state index is 12.2. The topological polar surface area (TPSA) is 101 Å². The van der Waals surface area contributed by atoms with Gasteiger partial charge in [0.15, 0.2) is 12.3 Å². The average Bonchev–Trinajstić information content (AvgIpc) is 2.67. The Morgan fingerprint density at radius 1 is 1.11 bits per heavy atom. The summed E-state index contributed by atoms with van der Waals surface area (Å²) in [5.74, 6) is -1.22. The first kappa shape index (κ1) is 18.6. The summed E-state index contributed by atoms with van der Waals surface area (Å²) in [6, 6.07) is 13.9. The first-order valence-electron chi connectivity index (χ1n) is 8.20. The summed E-state index contributed by atoms with van der Waals surface area (Å²) in [7, 11) is 0. The van der Waals surface area contributed by atoms with Gasteiger partial charge in [0.1, 0.15) is 0 Å². The van der Waals surface area contributed by atoms with Crippen LogP contribution in [0.15, 0.2) is 53.3 Å². The summed E-state index contributed by atoms with van der Waals surface area (Å²) < 4.78 is 5.00. The molecule has 1 aromatic heterocycles. The number of ether oxygens (including phenoxy) is 1. The largest absolute Gasteiger partial charge is 0.451 e. The summed E-state index contributed by atoms with van der Waals surface area (Å²) in [6.45, 7) is -0.0555. The van der Waals surface area contributed by atoms with E-state index in [4.69, 9.17) is 16.3 Å². The van der Waals surface area contributed by atoms with Crippen LogP contribution in [0.3, 0.4) is 0 Å². The van der Waals surface area contributed by atoms with Crippen LogP contribution in [-0.2, 0) is 16.0 Å². The van der Waals surface area contributed by atoms with Gasteiger partial charge in [0.2, 0.25) is 0 Å². The van der Waals surface area contributed by atoms with E-state index in [1.54, 1.807) is 30.3 Å². The molecule has 0 bridgehead atoms. The van der Waals surface area contributed by atoms with Gasteiger partial charge in [-0.2, -0.15) is 5.10 Å². The molecule has 138 valence electrons. The van der Waals surface area contributed by atoms with Gasteiger partial charge in [0.25, 0.3) is 11.5 Å². The lowest BCUT2D eigenvalue weighted by Gasteiger charge is -2.07. The predicted molar refractivity (Wildman–Crippen MR) is 101 cm³/mol. The molecule has 1 amide bonds. The van der Waals surface area contributed by atoms with Crippen LogP contribution in [0, 0.1) is 0 Å². The van der Waals surface area contributed by atoms with E-state index in [-0.39, 0.29) is 5.69 Å². The van der Waals surface area contributed by atoms with Crippen LogP contribution >= 0.6 is 11.6 Å². The normalized spacial score (nSPS) is 10.6. The van der Waals surface area contributed by atoms with Crippen molar-refractivity contribution in [3.05, 3.63) is 75.2 Å². The monoisotopic (exact) mass is 385 g/mol. The van der Waals surface area contributed by atoms with Gasteiger partial charge in [-0.15, -0.1) is 0 Å². The number of H-pyrrole nitrogens is 1. The first-order valence-corrected chi connectivity index (χ1v) is 8.58. The van der Waals surface area contributed by atoms with E-state index in [1.165, 1.54) is 0 Å². The number of hydrogen-bond donors (Lipinski definition) is 2. The number of halogens is 1. The lowest BCUT2D eigenvalue weighted by Crippen LogP contribution is -2.30. The standard InChI is InChI=1S/C19H16ClN3O4/c20-13-5-3-4-12(10-13)8-9-21-16(24)11-27-19(26)17-14-6-1-2-7-15(14)18(25)23-22-17/h1-7,10H,8-9,11H2,(H,21,24)(H,23,25). The lowest BCUT2D eigenvalue weighted by atomic mass is 10.1.